The molecule has 5 nitrogen and oxygen atoms in total. The van der Waals surface area contributed by atoms with Crippen LogP contribution in [0, 0.1) is 0 Å². The van der Waals surface area contributed by atoms with Crippen LogP contribution >= 0.6 is 23.2 Å². The summed E-state index contributed by atoms with van der Waals surface area (Å²) in [5.74, 6) is -0.516. The van der Waals surface area contributed by atoms with E-state index in [1.807, 2.05) is 18.2 Å². The fourth-order valence-electron chi connectivity index (χ4n) is 3.29. The van der Waals surface area contributed by atoms with Gasteiger partial charge in [0.05, 0.1) is 0 Å². The van der Waals surface area contributed by atoms with E-state index in [0.717, 1.165) is 0 Å². The molecule has 4 rings (SSSR count). The fraction of sp³-hybridized carbons (Fsp3) is 0.0952. The second-order valence-electron chi connectivity index (χ2n) is 6.40. The van der Waals surface area contributed by atoms with Crippen molar-refractivity contribution < 1.29 is 14.2 Å². The van der Waals surface area contributed by atoms with Gasteiger partial charge in [-0.1, -0.05) is 35.3 Å². The predicted octanol–water partition coefficient (Wildman–Crippen LogP) is 4.01. The summed E-state index contributed by atoms with van der Waals surface area (Å²) in [6.45, 7) is 0.146. The number of nitrogens with zero attached hydrogens (tertiary/aromatic N) is 2. The van der Waals surface area contributed by atoms with E-state index in [2.05, 4.69) is 5.32 Å². The number of benzene rings is 2. The van der Waals surface area contributed by atoms with Crippen molar-refractivity contribution in [1.29, 1.82) is 0 Å². The van der Waals surface area contributed by atoms with Crippen molar-refractivity contribution in [2.24, 2.45) is 0 Å². The van der Waals surface area contributed by atoms with E-state index in [0.29, 0.717) is 27.1 Å². The maximum absolute atomic E-state index is 13.2. The van der Waals surface area contributed by atoms with Crippen molar-refractivity contribution in [2.45, 2.75) is 12.6 Å². The Bertz CT molecular complexity index is 1050. The zero-order chi connectivity index (χ0) is 19.7. The Morgan fingerprint density at radius 2 is 1.79 bits per heavy atom. The van der Waals surface area contributed by atoms with E-state index >= 15 is 0 Å². The number of halogens is 2. The molecular formula is C21H16Cl2N3O2+. The number of anilines is 2. The smallest absolute Gasteiger partial charge is 0.294 e. The van der Waals surface area contributed by atoms with Gasteiger partial charge in [-0.3, -0.25) is 14.5 Å². The highest BCUT2D eigenvalue weighted by atomic mass is 35.5. The maximum Gasteiger partial charge on any atom is 0.294 e. The first-order valence-corrected chi connectivity index (χ1v) is 9.41. The molecule has 1 aromatic heterocycles. The van der Waals surface area contributed by atoms with Crippen molar-refractivity contribution in [1.82, 2.24) is 0 Å². The predicted molar refractivity (Wildman–Crippen MR) is 108 cm³/mol. The van der Waals surface area contributed by atoms with Gasteiger partial charge in [-0.25, -0.2) is 0 Å². The first-order valence-electron chi connectivity index (χ1n) is 8.65. The molecule has 2 amide bonds. The van der Waals surface area contributed by atoms with Crippen LogP contribution in [0.3, 0.4) is 0 Å². The number of hydrogen-bond donors (Lipinski definition) is 1. The molecule has 1 atom stereocenters. The van der Waals surface area contributed by atoms with Crippen molar-refractivity contribution in [3.05, 3.63) is 88.7 Å². The van der Waals surface area contributed by atoms with Crippen LogP contribution in [0.4, 0.5) is 11.4 Å². The lowest BCUT2D eigenvalue weighted by molar-refractivity contribution is -0.695. The molecule has 0 saturated heterocycles. The molecule has 1 aliphatic rings. The number of rotatable bonds is 3. The minimum atomic E-state index is -0.836. The standard InChI is InChI=1S/C21H15Cl2N3O2/c22-14-7-9-16(10-8-14)24-21(28)20-18-6-1-2-11-25(18)13-19(27)26(20)17-5-3-4-15(23)12-17/h1-12,20H,13H2/p+1/t20-/m1/s1. The van der Waals surface area contributed by atoms with Gasteiger partial charge in [0.2, 0.25) is 18.3 Å². The first kappa shape index (κ1) is 18.5. The number of aromatic nitrogens is 1. The van der Waals surface area contributed by atoms with Gasteiger partial charge in [-0.15, -0.1) is 0 Å². The maximum atomic E-state index is 13.2. The minimum Gasteiger partial charge on any atom is -0.324 e. The van der Waals surface area contributed by atoms with E-state index < -0.39 is 6.04 Å². The van der Waals surface area contributed by atoms with Gasteiger partial charge in [-0.2, -0.15) is 4.57 Å². The van der Waals surface area contributed by atoms with E-state index in [4.69, 9.17) is 23.2 Å². The molecule has 7 heteroatoms. The molecule has 0 spiro atoms. The molecule has 2 heterocycles. The summed E-state index contributed by atoms with van der Waals surface area (Å²) in [4.78, 5) is 27.7. The van der Waals surface area contributed by atoms with Gasteiger partial charge in [0.15, 0.2) is 6.20 Å². The summed E-state index contributed by atoms with van der Waals surface area (Å²) in [6.07, 6.45) is 1.80. The van der Waals surface area contributed by atoms with Crippen LogP contribution in [0.25, 0.3) is 0 Å². The Labute approximate surface area is 172 Å². The molecule has 0 radical (unpaired) electrons. The summed E-state index contributed by atoms with van der Waals surface area (Å²) in [5.41, 5.74) is 1.89. The van der Waals surface area contributed by atoms with Crippen LogP contribution in [-0.2, 0) is 16.1 Å². The average molecular weight is 413 g/mol. The molecule has 0 fully saturated rings. The van der Waals surface area contributed by atoms with Gasteiger partial charge < -0.3 is 5.32 Å². The Morgan fingerprint density at radius 1 is 1.00 bits per heavy atom. The molecule has 2 aromatic carbocycles. The molecule has 0 unspecified atom stereocenters. The third kappa shape index (κ3) is 3.59. The fourth-order valence-corrected chi connectivity index (χ4v) is 3.60. The lowest BCUT2D eigenvalue weighted by Gasteiger charge is -2.32. The second kappa shape index (κ2) is 7.62. The number of carbonyl (C=O) groups excluding carboxylic acids is 2. The van der Waals surface area contributed by atoms with Gasteiger partial charge >= 0.3 is 0 Å². The highest BCUT2D eigenvalue weighted by Gasteiger charge is 2.43. The lowest BCUT2D eigenvalue weighted by Crippen LogP contribution is -2.58. The number of pyridine rings is 1. The van der Waals surface area contributed by atoms with E-state index in [1.54, 1.807) is 59.3 Å². The van der Waals surface area contributed by atoms with Crippen molar-refractivity contribution in [2.75, 3.05) is 10.2 Å². The van der Waals surface area contributed by atoms with Crippen molar-refractivity contribution in [3.63, 3.8) is 0 Å². The zero-order valence-corrected chi connectivity index (χ0v) is 16.2. The summed E-state index contributed by atoms with van der Waals surface area (Å²) in [5, 5.41) is 3.95. The Kier molecular flexibility index (Phi) is 5.03. The lowest BCUT2D eigenvalue weighted by atomic mass is 10.0. The molecule has 0 bridgehead atoms. The summed E-state index contributed by atoms with van der Waals surface area (Å²) in [6, 6.07) is 18.4. The van der Waals surface area contributed by atoms with Crippen LogP contribution in [0.15, 0.2) is 72.9 Å². The van der Waals surface area contributed by atoms with Crippen LogP contribution in [0.2, 0.25) is 10.0 Å². The highest BCUT2D eigenvalue weighted by molar-refractivity contribution is 6.31. The van der Waals surface area contributed by atoms with E-state index in [9.17, 15) is 9.59 Å². The van der Waals surface area contributed by atoms with Crippen molar-refractivity contribution in [3.8, 4) is 0 Å². The third-order valence-corrected chi connectivity index (χ3v) is 5.02. The van der Waals surface area contributed by atoms with Crippen LogP contribution in [0.5, 0.6) is 0 Å². The molecule has 3 aromatic rings. The van der Waals surface area contributed by atoms with Gasteiger partial charge in [0, 0.05) is 33.6 Å². The quantitative estimate of drug-likeness (QED) is 0.660. The van der Waals surface area contributed by atoms with Gasteiger partial charge in [0.1, 0.15) is 0 Å². The SMILES string of the molecule is O=C(Nc1ccc(Cl)cc1)[C@H]1c2cccc[n+]2CC(=O)N1c1cccc(Cl)c1. The number of hydrogen-bond acceptors (Lipinski definition) is 2. The van der Waals surface area contributed by atoms with Gasteiger partial charge in [0.25, 0.3) is 11.8 Å². The molecule has 0 aliphatic carbocycles. The molecule has 1 aliphatic heterocycles. The van der Waals surface area contributed by atoms with Crippen LogP contribution in [0.1, 0.15) is 11.7 Å². The molecule has 140 valence electrons. The summed E-state index contributed by atoms with van der Waals surface area (Å²) >= 11 is 12.0. The topological polar surface area (TPSA) is 53.3 Å². The van der Waals surface area contributed by atoms with Gasteiger partial charge in [-0.05, 0) is 42.5 Å². The normalized spacial score (nSPS) is 15.9. The Morgan fingerprint density at radius 3 is 2.54 bits per heavy atom. The second-order valence-corrected chi connectivity index (χ2v) is 7.27. The molecule has 0 saturated carbocycles. The average Bonchev–Trinajstić information content (AvgIpc) is 2.68. The summed E-state index contributed by atoms with van der Waals surface area (Å²) in [7, 11) is 0. The highest BCUT2D eigenvalue weighted by Crippen LogP contribution is 2.31. The number of amides is 2. The summed E-state index contributed by atoms with van der Waals surface area (Å²) < 4.78 is 1.79. The van der Waals surface area contributed by atoms with E-state index in [-0.39, 0.29) is 18.4 Å². The number of nitrogens with one attached hydrogen (secondary N) is 1. The van der Waals surface area contributed by atoms with Crippen molar-refractivity contribution >= 4 is 46.4 Å². The van der Waals surface area contributed by atoms with Crippen LogP contribution < -0.4 is 14.8 Å². The van der Waals surface area contributed by atoms with Crippen LogP contribution in [-0.4, -0.2) is 11.8 Å². The molecule has 1 N–H and O–H groups in total. The Hall–Kier alpha value is -2.89. The monoisotopic (exact) mass is 412 g/mol. The van der Waals surface area contributed by atoms with E-state index in [1.165, 1.54) is 4.90 Å². The first-order chi connectivity index (χ1) is 13.5. The Balaban J connectivity index is 1.77. The largest absolute Gasteiger partial charge is 0.324 e. The molecular weight excluding hydrogens is 397 g/mol. The third-order valence-electron chi connectivity index (χ3n) is 4.53. The number of carbonyl (C=O) groups is 2. The minimum absolute atomic E-state index is 0.146. The molecule has 28 heavy (non-hydrogen) atoms. The number of fused-ring (bicyclic) bond motifs is 1. The zero-order valence-electron chi connectivity index (χ0n) is 14.7.